The van der Waals surface area contributed by atoms with Crippen molar-refractivity contribution >= 4 is 21.7 Å². The van der Waals surface area contributed by atoms with Gasteiger partial charge in [0.15, 0.2) is 9.84 Å². The Morgan fingerprint density at radius 3 is 2.37 bits per heavy atom. The summed E-state index contributed by atoms with van der Waals surface area (Å²) in [6.07, 6.45) is 0.0361. The molecule has 1 atom stereocenters. The Hall–Kier alpha value is -1.89. The van der Waals surface area contributed by atoms with E-state index in [2.05, 4.69) is 0 Å². The Bertz CT molecular complexity index is 621. The average molecular weight is 285 g/mol. The summed E-state index contributed by atoms with van der Waals surface area (Å²) in [6, 6.07) is 3.75. The van der Waals surface area contributed by atoms with Gasteiger partial charge in [-0.1, -0.05) is 13.0 Å². The predicted molar refractivity (Wildman–Crippen MR) is 68.6 cm³/mol. The third kappa shape index (κ3) is 2.93. The van der Waals surface area contributed by atoms with Crippen molar-refractivity contribution in [3.05, 3.63) is 29.3 Å². The summed E-state index contributed by atoms with van der Waals surface area (Å²) in [4.78, 5) is 21.9. The Labute approximate surface area is 111 Å². The number of aryl methyl sites for hydroxylation is 1. The quantitative estimate of drug-likeness (QED) is 0.827. The standard InChI is InChI=1S/C12H15NO5S/c1-3-9(11(13)14)19(17,18)10-6-8(12(15)16)5-4-7(10)2/h4-6,9H,3H2,1-2H3,(H2,13,14)(H,15,16). The lowest BCUT2D eigenvalue weighted by Crippen LogP contribution is -2.35. The van der Waals surface area contributed by atoms with Crippen molar-refractivity contribution in [2.24, 2.45) is 5.73 Å². The van der Waals surface area contributed by atoms with Crippen molar-refractivity contribution in [1.29, 1.82) is 0 Å². The number of carboxylic acids is 1. The number of rotatable bonds is 5. The van der Waals surface area contributed by atoms with E-state index in [1.807, 2.05) is 0 Å². The molecule has 19 heavy (non-hydrogen) atoms. The van der Waals surface area contributed by atoms with E-state index in [4.69, 9.17) is 10.8 Å². The number of nitrogens with two attached hydrogens (primary N) is 1. The second-order valence-electron chi connectivity index (χ2n) is 4.13. The van der Waals surface area contributed by atoms with Crippen LogP contribution in [0.4, 0.5) is 0 Å². The maximum atomic E-state index is 12.3. The molecule has 0 radical (unpaired) electrons. The van der Waals surface area contributed by atoms with E-state index in [1.54, 1.807) is 0 Å². The molecule has 1 unspecified atom stereocenters. The van der Waals surface area contributed by atoms with Gasteiger partial charge in [-0.25, -0.2) is 13.2 Å². The topological polar surface area (TPSA) is 115 Å². The number of hydrogen-bond donors (Lipinski definition) is 2. The summed E-state index contributed by atoms with van der Waals surface area (Å²) in [5.41, 5.74) is 5.31. The number of amides is 1. The van der Waals surface area contributed by atoms with E-state index in [9.17, 15) is 18.0 Å². The molecule has 0 aliphatic rings. The lowest BCUT2D eigenvalue weighted by molar-refractivity contribution is -0.117. The van der Waals surface area contributed by atoms with Crippen molar-refractivity contribution in [1.82, 2.24) is 0 Å². The molecule has 1 amide bonds. The van der Waals surface area contributed by atoms with Crippen molar-refractivity contribution in [3.63, 3.8) is 0 Å². The minimum Gasteiger partial charge on any atom is -0.478 e. The van der Waals surface area contributed by atoms with Gasteiger partial charge in [-0.2, -0.15) is 0 Å². The monoisotopic (exact) mass is 285 g/mol. The summed E-state index contributed by atoms with van der Waals surface area (Å²) >= 11 is 0. The molecule has 3 N–H and O–H groups in total. The minimum atomic E-state index is -3.97. The minimum absolute atomic E-state index is 0.0361. The zero-order valence-electron chi connectivity index (χ0n) is 10.6. The normalized spacial score (nSPS) is 12.9. The van der Waals surface area contributed by atoms with Gasteiger partial charge in [0.1, 0.15) is 5.25 Å². The molecule has 0 aliphatic heterocycles. The molecule has 1 aromatic rings. The fourth-order valence-electron chi connectivity index (χ4n) is 1.77. The Morgan fingerprint density at radius 1 is 1.37 bits per heavy atom. The number of primary amides is 1. The number of hydrogen-bond acceptors (Lipinski definition) is 4. The van der Waals surface area contributed by atoms with E-state index in [-0.39, 0.29) is 16.9 Å². The van der Waals surface area contributed by atoms with Gasteiger partial charge in [-0.15, -0.1) is 0 Å². The van der Waals surface area contributed by atoms with Crippen LogP contribution in [0.15, 0.2) is 23.1 Å². The van der Waals surface area contributed by atoms with Gasteiger partial charge in [-0.3, -0.25) is 4.79 Å². The number of carboxylic acid groups (broad SMARTS) is 1. The van der Waals surface area contributed by atoms with Gasteiger partial charge in [0, 0.05) is 0 Å². The second kappa shape index (κ2) is 5.40. The number of carbonyl (C=O) groups is 2. The van der Waals surface area contributed by atoms with Crippen LogP contribution in [0.5, 0.6) is 0 Å². The Kier molecular flexibility index (Phi) is 4.31. The van der Waals surface area contributed by atoms with Gasteiger partial charge in [-0.05, 0) is 31.0 Å². The molecule has 0 saturated heterocycles. The molecule has 1 aromatic carbocycles. The summed E-state index contributed by atoms with van der Waals surface area (Å²) in [5.74, 6) is -2.17. The maximum absolute atomic E-state index is 12.3. The van der Waals surface area contributed by atoms with E-state index in [1.165, 1.54) is 26.0 Å². The second-order valence-corrected chi connectivity index (χ2v) is 6.23. The SMILES string of the molecule is CCC(C(N)=O)S(=O)(=O)c1cc(C(=O)O)ccc1C. The van der Waals surface area contributed by atoms with Gasteiger partial charge < -0.3 is 10.8 Å². The summed E-state index contributed by atoms with van der Waals surface area (Å²) in [6.45, 7) is 3.07. The van der Waals surface area contributed by atoms with Crippen molar-refractivity contribution in [2.75, 3.05) is 0 Å². The molecule has 0 aliphatic carbocycles. The highest BCUT2D eigenvalue weighted by molar-refractivity contribution is 7.92. The summed E-state index contributed by atoms with van der Waals surface area (Å²) in [7, 11) is -3.97. The lowest BCUT2D eigenvalue weighted by atomic mass is 10.1. The van der Waals surface area contributed by atoms with Crippen LogP contribution in [0.1, 0.15) is 29.3 Å². The molecule has 6 nitrogen and oxygen atoms in total. The molecule has 0 heterocycles. The zero-order valence-corrected chi connectivity index (χ0v) is 11.4. The number of sulfone groups is 1. The molecule has 0 spiro atoms. The highest BCUT2D eigenvalue weighted by atomic mass is 32.2. The molecule has 0 bridgehead atoms. The molecule has 1 rings (SSSR count). The lowest BCUT2D eigenvalue weighted by Gasteiger charge is -2.14. The fraction of sp³-hybridized carbons (Fsp3) is 0.333. The van der Waals surface area contributed by atoms with Crippen LogP contribution in [-0.4, -0.2) is 30.7 Å². The highest BCUT2D eigenvalue weighted by Crippen LogP contribution is 2.23. The first kappa shape index (κ1) is 15.2. The molecule has 104 valence electrons. The number of carbonyl (C=O) groups excluding carboxylic acids is 1. The fourth-order valence-corrected chi connectivity index (χ4v) is 3.63. The summed E-state index contributed by atoms with van der Waals surface area (Å²) < 4.78 is 24.6. The van der Waals surface area contributed by atoms with E-state index < -0.39 is 27.0 Å². The first-order chi connectivity index (χ1) is 8.71. The van der Waals surface area contributed by atoms with Gasteiger partial charge in [0.25, 0.3) is 0 Å². The third-order valence-electron chi connectivity index (χ3n) is 2.80. The van der Waals surface area contributed by atoms with E-state index in [0.29, 0.717) is 5.56 Å². The van der Waals surface area contributed by atoms with Crippen LogP contribution in [0, 0.1) is 6.92 Å². The van der Waals surface area contributed by atoms with Crippen LogP contribution in [0.3, 0.4) is 0 Å². The predicted octanol–water partition coefficient (Wildman–Crippen LogP) is 0.731. The van der Waals surface area contributed by atoms with Crippen molar-refractivity contribution < 1.29 is 23.1 Å². The molecule has 0 saturated carbocycles. The number of benzene rings is 1. The zero-order chi connectivity index (χ0) is 14.8. The molecular weight excluding hydrogens is 270 g/mol. The average Bonchev–Trinajstić information content (AvgIpc) is 2.28. The van der Waals surface area contributed by atoms with Gasteiger partial charge >= 0.3 is 5.97 Å². The third-order valence-corrected chi connectivity index (χ3v) is 5.17. The highest BCUT2D eigenvalue weighted by Gasteiger charge is 2.32. The first-order valence-electron chi connectivity index (χ1n) is 5.59. The van der Waals surface area contributed by atoms with Crippen molar-refractivity contribution in [2.45, 2.75) is 30.4 Å². The number of aromatic carboxylic acids is 1. The molecule has 0 fully saturated rings. The first-order valence-corrected chi connectivity index (χ1v) is 7.13. The van der Waals surface area contributed by atoms with Crippen molar-refractivity contribution in [3.8, 4) is 0 Å². The molecule has 7 heteroatoms. The maximum Gasteiger partial charge on any atom is 0.335 e. The molecule has 0 aromatic heterocycles. The largest absolute Gasteiger partial charge is 0.478 e. The van der Waals surface area contributed by atoms with E-state index >= 15 is 0 Å². The van der Waals surface area contributed by atoms with Crippen LogP contribution >= 0.6 is 0 Å². The summed E-state index contributed by atoms with van der Waals surface area (Å²) in [5, 5.41) is 7.53. The van der Waals surface area contributed by atoms with Crippen LogP contribution in [0.2, 0.25) is 0 Å². The van der Waals surface area contributed by atoms with Gasteiger partial charge in [0.05, 0.1) is 10.5 Å². The van der Waals surface area contributed by atoms with E-state index in [0.717, 1.165) is 6.07 Å². The van der Waals surface area contributed by atoms with Gasteiger partial charge in [0.2, 0.25) is 5.91 Å². The Balaban J connectivity index is 3.47. The molecular formula is C12H15NO5S. The smallest absolute Gasteiger partial charge is 0.335 e. The van der Waals surface area contributed by atoms with Crippen LogP contribution in [0.25, 0.3) is 0 Å². The Morgan fingerprint density at radius 2 is 1.95 bits per heavy atom. The van der Waals surface area contributed by atoms with Crippen LogP contribution < -0.4 is 5.73 Å². The van der Waals surface area contributed by atoms with Crippen LogP contribution in [-0.2, 0) is 14.6 Å².